The van der Waals surface area contributed by atoms with Crippen molar-refractivity contribution in [1.29, 1.82) is 0 Å². The van der Waals surface area contributed by atoms with Gasteiger partial charge in [0, 0.05) is 6.04 Å². The van der Waals surface area contributed by atoms with Gasteiger partial charge >= 0.3 is 5.97 Å². The molecule has 3 heteroatoms. The van der Waals surface area contributed by atoms with Gasteiger partial charge in [-0.1, -0.05) is 11.6 Å². The van der Waals surface area contributed by atoms with E-state index < -0.39 is 0 Å². The fourth-order valence-corrected chi connectivity index (χ4v) is 1.88. The topological polar surface area (TPSA) is 52.3 Å². The van der Waals surface area contributed by atoms with Crippen molar-refractivity contribution in [3.8, 4) is 0 Å². The van der Waals surface area contributed by atoms with E-state index >= 15 is 0 Å². The van der Waals surface area contributed by atoms with E-state index in [1.165, 1.54) is 5.57 Å². The number of allylic oxidation sites excluding steroid dienone is 1. The molecule has 3 nitrogen and oxygen atoms in total. The summed E-state index contributed by atoms with van der Waals surface area (Å²) in [5, 5.41) is 0. The quantitative estimate of drug-likeness (QED) is 0.574. The summed E-state index contributed by atoms with van der Waals surface area (Å²) in [6.07, 6.45) is 4.61. The molecule has 0 heterocycles. The van der Waals surface area contributed by atoms with Crippen molar-refractivity contribution in [2.45, 2.75) is 46.1 Å². The molecule has 0 aromatic heterocycles. The molecule has 0 bridgehead atoms. The molecule has 1 aliphatic rings. The van der Waals surface area contributed by atoms with E-state index in [0.29, 0.717) is 6.61 Å². The van der Waals surface area contributed by atoms with Crippen LogP contribution in [0.4, 0.5) is 0 Å². The molecule has 0 amide bonds. The molecular weight excluding hydrogens is 190 g/mol. The first-order chi connectivity index (χ1) is 6.99. The van der Waals surface area contributed by atoms with E-state index in [1.54, 1.807) is 0 Å². The van der Waals surface area contributed by atoms with Crippen LogP contribution in [0.25, 0.3) is 0 Å². The molecule has 0 saturated heterocycles. The van der Waals surface area contributed by atoms with Crippen molar-refractivity contribution >= 4 is 5.97 Å². The lowest BCUT2D eigenvalue weighted by Crippen LogP contribution is -2.33. The summed E-state index contributed by atoms with van der Waals surface area (Å²) in [7, 11) is 0. The van der Waals surface area contributed by atoms with Gasteiger partial charge in [-0.15, -0.1) is 0 Å². The van der Waals surface area contributed by atoms with Gasteiger partial charge < -0.3 is 10.5 Å². The third-order valence-corrected chi connectivity index (χ3v) is 3.13. The Morgan fingerprint density at radius 1 is 1.73 bits per heavy atom. The Hall–Kier alpha value is -0.830. The van der Waals surface area contributed by atoms with Crippen molar-refractivity contribution in [3.05, 3.63) is 11.6 Å². The minimum absolute atomic E-state index is 0.0787. The van der Waals surface area contributed by atoms with Crippen LogP contribution < -0.4 is 5.73 Å². The number of esters is 1. The molecule has 2 atom stereocenters. The predicted octanol–water partition coefficient (Wildman–Crippen LogP) is 2.01. The summed E-state index contributed by atoms with van der Waals surface area (Å²) >= 11 is 0. The molecule has 0 aromatic rings. The number of hydrogen-bond donors (Lipinski definition) is 1. The number of nitrogens with two attached hydrogens (primary N) is 1. The number of rotatable bonds is 3. The molecule has 2 N–H and O–H groups in total. The maximum absolute atomic E-state index is 11.7. The lowest BCUT2D eigenvalue weighted by atomic mass is 9.75. The molecule has 1 rings (SSSR count). The van der Waals surface area contributed by atoms with Crippen LogP contribution in [-0.4, -0.2) is 18.6 Å². The second kappa shape index (κ2) is 4.79. The first-order valence-electron chi connectivity index (χ1n) is 5.61. The van der Waals surface area contributed by atoms with Crippen molar-refractivity contribution in [2.75, 3.05) is 6.61 Å². The van der Waals surface area contributed by atoms with E-state index in [2.05, 4.69) is 6.08 Å². The standard InChI is InChI=1S/C12H21NO2/c1-4-15-11(14)12(3)7-5-10(6-8-12)9(2)13/h5,9H,4,6-8,13H2,1-3H3. The van der Waals surface area contributed by atoms with Crippen molar-refractivity contribution < 1.29 is 9.53 Å². The molecule has 0 radical (unpaired) electrons. The van der Waals surface area contributed by atoms with E-state index in [9.17, 15) is 4.79 Å². The van der Waals surface area contributed by atoms with Gasteiger partial charge in [0.1, 0.15) is 0 Å². The first-order valence-corrected chi connectivity index (χ1v) is 5.61. The van der Waals surface area contributed by atoms with Crippen molar-refractivity contribution in [2.24, 2.45) is 11.1 Å². The molecule has 86 valence electrons. The molecule has 0 spiro atoms. The van der Waals surface area contributed by atoms with Gasteiger partial charge in [0.2, 0.25) is 0 Å². The predicted molar refractivity (Wildman–Crippen MR) is 60.3 cm³/mol. The summed E-state index contributed by atoms with van der Waals surface area (Å²) in [4.78, 5) is 11.7. The normalized spacial score (nSPS) is 28.1. The Morgan fingerprint density at radius 2 is 2.40 bits per heavy atom. The van der Waals surface area contributed by atoms with Crippen LogP contribution >= 0.6 is 0 Å². The van der Waals surface area contributed by atoms with Crippen LogP contribution in [0.3, 0.4) is 0 Å². The fraction of sp³-hybridized carbons (Fsp3) is 0.750. The van der Waals surface area contributed by atoms with E-state index in [4.69, 9.17) is 10.5 Å². The maximum atomic E-state index is 11.7. The van der Waals surface area contributed by atoms with Crippen LogP contribution in [0.15, 0.2) is 11.6 Å². The molecule has 0 saturated carbocycles. The molecule has 15 heavy (non-hydrogen) atoms. The van der Waals surface area contributed by atoms with E-state index in [-0.39, 0.29) is 17.4 Å². The van der Waals surface area contributed by atoms with Gasteiger partial charge in [-0.2, -0.15) is 0 Å². The highest BCUT2D eigenvalue weighted by Gasteiger charge is 2.36. The summed E-state index contributed by atoms with van der Waals surface area (Å²) < 4.78 is 5.08. The Balaban J connectivity index is 2.65. The largest absolute Gasteiger partial charge is 0.466 e. The Kier molecular flexibility index (Phi) is 3.91. The fourth-order valence-electron chi connectivity index (χ4n) is 1.88. The van der Waals surface area contributed by atoms with Crippen LogP contribution in [-0.2, 0) is 9.53 Å². The lowest BCUT2D eigenvalue weighted by molar-refractivity contribution is -0.154. The monoisotopic (exact) mass is 211 g/mol. The van der Waals surface area contributed by atoms with E-state index in [0.717, 1.165) is 19.3 Å². The summed E-state index contributed by atoms with van der Waals surface area (Å²) in [5.74, 6) is -0.0787. The Bertz CT molecular complexity index is 271. The summed E-state index contributed by atoms with van der Waals surface area (Å²) in [5.41, 5.74) is 6.73. The highest BCUT2D eigenvalue weighted by Crippen LogP contribution is 2.36. The third kappa shape index (κ3) is 2.81. The zero-order valence-electron chi connectivity index (χ0n) is 9.88. The van der Waals surface area contributed by atoms with Crippen LogP contribution in [0.2, 0.25) is 0 Å². The zero-order valence-corrected chi connectivity index (χ0v) is 9.88. The van der Waals surface area contributed by atoms with Crippen molar-refractivity contribution in [1.82, 2.24) is 0 Å². The van der Waals surface area contributed by atoms with Crippen molar-refractivity contribution in [3.63, 3.8) is 0 Å². The van der Waals surface area contributed by atoms with E-state index in [1.807, 2.05) is 20.8 Å². The lowest BCUT2D eigenvalue weighted by Gasteiger charge is -2.31. The highest BCUT2D eigenvalue weighted by atomic mass is 16.5. The summed E-state index contributed by atoms with van der Waals surface area (Å²) in [6.45, 7) is 6.25. The second-order valence-electron chi connectivity index (χ2n) is 4.55. The SMILES string of the molecule is CCOC(=O)C1(C)CC=C(C(C)N)CC1. The minimum Gasteiger partial charge on any atom is -0.466 e. The minimum atomic E-state index is -0.339. The molecule has 0 fully saturated rings. The highest BCUT2D eigenvalue weighted by molar-refractivity contribution is 5.77. The molecular formula is C12H21NO2. The zero-order chi connectivity index (χ0) is 11.5. The van der Waals surface area contributed by atoms with Crippen LogP contribution in [0.1, 0.15) is 40.0 Å². The van der Waals surface area contributed by atoms with Gasteiger partial charge in [-0.05, 0) is 40.0 Å². The first kappa shape index (κ1) is 12.2. The molecule has 2 unspecified atom stereocenters. The Labute approximate surface area is 91.7 Å². The van der Waals surface area contributed by atoms with Crippen LogP contribution in [0, 0.1) is 5.41 Å². The summed E-state index contributed by atoms with van der Waals surface area (Å²) in [6, 6.07) is 0.108. The molecule has 0 aromatic carbocycles. The second-order valence-corrected chi connectivity index (χ2v) is 4.55. The maximum Gasteiger partial charge on any atom is 0.312 e. The number of carbonyl (C=O) groups excluding carboxylic acids is 1. The van der Waals surface area contributed by atoms with Gasteiger partial charge in [-0.3, -0.25) is 4.79 Å². The molecule has 1 aliphatic carbocycles. The van der Waals surface area contributed by atoms with Gasteiger partial charge in [0.25, 0.3) is 0 Å². The number of hydrogen-bond acceptors (Lipinski definition) is 3. The molecule has 0 aliphatic heterocycles. The average molecular weight is 211 g/mol. The van der Waals surface area contributed by atoms with Gasteiger partial charge in [-0.25, -0.2) is 0 Å². The smallest absolute Gasteiger partial charge is 0.312 e. The van der Waals surface area contributed by atoms with Gasteiger partial charge in [0.15, 0.2) is 0 Å². The Morgan fingerprint density at radius 3 is 2.80 bits per heavy atom. The average Bonchev–Trinajstić information content (AvgIpc) is 2.18. The number of ether oxygens (including phenoxy) is 1. The number of carbonyl (C=O) groups is 1. The third-order valence-electron chi connectivity index (χ3n) is 3.13. The van der Waals surface area contributed by atoms with Crippen LogP contribution in [0.5, 0.6) is 0 Å². The van der Waals surface area contributed by atoms with Gasteiger partial charge in [0.05, 0.1) is 12.0 Å².